The van der Waals surface area contributed by atoms with Gasteiger partial charge in [-0.2, -0.15) is 10.2 Å². The van der Waals surface area contributed by atoms with Gasteiger partial charge in [0.2, 0.25) is 0 Å². The number of pyridine rings is 1. The van der Waals surface area contributed by atoms with Gasteiger partial charge in [0.1, 0.15) is 5.69 Å². The lowest BCUT2D eigenvalue weighted by Gasteiger charge is -2.01. The van der Waals surface area contributed by atoms with E-state index in [1.165, 1.54) is 11.8 Å². The number of rotatable bonds is 5. The second kappa shape index (κ2) is 8.31. The summed E-state index contributed by atoms with van der Waals surface area (Å²) in [6.07, 6.45) is 6.61. The van der Waals surface area contributed by atoms with Gasteiger partial charge in [0, 0.05) is 29.7 Å². The molecule has 142 valence electrons. The summed E-state index contributed by atoms with van der Waals surface area (Å²) in [5.74, 6) is -0.318. The van der Waals surface area contributed by atoms with Gasteiger partial charge in [-0.15, -0.1) is 0 Å². The zero-order valence-electron chi connectivity index (χ0n) is 15.9. The number of aryl methyl sites for hydroxylation is 1. The zero-order valence-corrected chi connectivity index (χ0v) is 15.9. The zero-order chi connectivity index (χ0) is 20.1. The summed E-state index contributed by atoms with van der Waals surface area (Å²) in [4.78, 5) is 16.1. The summed E-state index contributed by atoms with van der Waals surface area (Å²) in [5, 5.41) is 8.86. The molecule has 0 fully saturated rings. The first-order valence-electron chi connectivity index (χ1n) is 9.16. The van der Waals surface area contributed by atoms with E-state index in [2.05, 4.69) is 15.5 Å². The van der Waals surface area contributed by atoms with E-state index in [1.54, 1.807) is 29.2 Å². The highest BCUT2D eigenvalue weighted by molar-refractivity contribution is 5.95. The molecule has 4 rings (SSSR count). The largest absolute Gasteiger partial charge is 0.272 e. The molecule has 0 radical (unpaired) electrons. The molecule has 6 heteroatoms. The average molecular weight is 381 g/mol. The lowest BCUT2D eigenvalue weighted by Crippen LogP contribution is -2.17. The summed E-state index contributed by atoms with van der Waals surface area (Å²) in [6.45, 7) is 2.04. The maximum absolute atomic E-state index is 12.2. The lowest BCUT2D eigenvalue weighted by atomic mass is 10.1. The van der Waals surface area contributed by atoms with E-state index >= 15 is 0 Å². The fourth-order valence-corrected chi connectivity index (χ4v) is 2.85. The van der Waals surface area contributed by atoms with Crippen LogP contribution < -0.4 is 5.43 Å². The second-order valence-electron chi connectivity index (χ2n) is 6.52. The van der Waals surface area contributed by atoms with Crippen LogP contribution in [0, 0.1) is 6.92 Å². The molecule has 0 aliphatic carbocycles. The Bertz CT molecular complexity index is 1130. The number of nitrogens with one attached hydrogen (secondary N) is 1. The number of nitrogens with zero attached hydrogens (tertiary/aromatic N) is 4. The van der Waals surface area contributed by atoms with Crippen LogP contribution in [0.4, 0.5) is 0 Å². The molecule has 0 aliphatic heterocycles. The normalized spacial score (nSPS) is 10.9. The van der Waals surface area contributed by atoms with Crippen molar-refractivity contribution in [2.45, 2.75) is 6.92 Å². The van der Waals surface area contributed by atoms with Crippen LogP contribution in [0.25, 0.3) is 16.9 Å². The van der Waals surface area contributed by atoms with Crippen molar-refractivity contribution < 1.29 is 4.79 Å². The number of aromatic nitrogens is 3. The molecule has 2 aromatic carbocycles. The van der Waals surface area contributed by atoms with Crippen LogP contribution >= 0.6 is 0 Å². The molecule has 0 saturated carbocycles. The van der Waals surface area contributed by atoms with Crippen LogP contribution in [0.3, 0.4) is 0 Å². The minimum atomic E-state index is -0.318. The topological polar surface area (TPSA) is 72.2 Å². The third kappa shape index (κ3) is 4.27. The van der Waals surface area contributed by atoms with Crippen LogP contribution in [0.1, 0.15) is 21.5 Å². The third-order valence-electron chi connectivity index (χ3n) is 4.38. The summed E-state index contributed by atoms with van der Waals surface area (Å²) < 4.78 is 1.81. The molecule has 29 heavy (non-hydrogen) atoms. The molecule has 0 aliphatic rings. The van der Waals surface area contributed by atoms with Crippen molar-refractivity contribution in [3.05, 3.63) is 102 Å². The van der Waals surface area contributed by atoms with Gasteiger partial charge in [0.05, 0.1) is 17.5 Å². The number of hydrogen-bond donors (Lipinski definition) is 1. The Kier molecular flexibility index (Phi) is 5.25. The number of carbonyl (C=O) groups is 1. The van der Waals surface area contributed by atoms with E-state index in [1.807, 2.05) is 67.7 Å². The van der Waals surface area contributed by atoms with Crippen molar-refractivity contribution in [2.75, 3.05) is 0 Å². The van der Waals surface area contributed by atoms with Crippen LogP contribution in [0.15, 0.2) is 90.4 Å². The Hall–Kier alpha value is -4.06. The highest BCUT2D eigenvalue weighted by Crippen LogP contribution is 2.23. The SMILES string of the molecule is Cc1ccc(-c2nn(-c3ccccc3)cc2/C=N\NC(=O)c2cccnc2)cc1. The van der Waals surface area contributed by atoms with Gasteiger partial charge in [-0.1, -0.05) is 48.0 Å². The van der Waals surface area contributed by atoms with Gasteiger partial charge in [-0.25, -0.2) is 10.1 Å². The predicted octanol–water partition coefficient (Wildman–Crippen LogP) is 4.01. The molecule has 0 atom stereocenters. The Morgan fingerprint density at radius 3 is 2.55 bits per heavy atom. The first kappa shape index (κ1) is 18.3. The highest BCUT2D eigenvalue weighted by Gasteiger charge is 2.11. The first-order chi connectivity index (χ1) is 14.2. The Balaban J connectivity index is 1.64. The summed E-state index contributed by atoms with van der Waals surface area (Å²) in [7, 11) is 0. The minimum Gasteiger partial charge on any atom is -0.267 e. The van der Waals surface area contributed by atoms with Crippen LogP contribution in [0.5, 0.6) is 0 Å². The molecular weight excluding hydrogens is 362 g/mol. The Labute approximate surface area is 168 Å². The van der Waals surface area contributed by atoms with Crippen molar-refractivity contribution >= 4 is 12.1 Å². The van der Waals surface area contributed by atoms with Gasteiger partial charge in [-0.05, 0) is 31.2 Å². The summed E-state index contributed by atoms with van der Waals surface area (Å²) >= 11 is 0. The third-order valence-corrected chi connectivity index (χ3v) is 4.38. The predicted molar refractivity (Wildman–Crippen MR) is 113 cm³/mol. The standard InChI is InChI=1S/C23H19N5O/c1-17-9-11-18(12-10-17)22-20(16-28(27-22)21-7-3-2-4-8-21)15-25-26-23(29)19-6-5-13-24-14-19/h2-16H,1H3,(H,26,29)/b25-15-. The van der Waals surface area contributed by atoms with E-state index in [9.17, 15) is 4.79 Å². The quantitative estimate of drug-likeness (QED) is 0.419. The molecule has 0 saturated heterocycles. The molecule has 2 heterocycles. The van der Waals surface area contributed by atoms with Crippen molar-refractivity contribution in [1.29, 1.82) is 0 Å². The molecule has 1 amide bonds. The number of benzene rings is 2. The van der Waals surface area contributed by atoms with Crippen LogP contribution in [-0.2, 0) is 0 Å². The molecule has 0 spiro atoms. The highest BCUT2D eigenvalue weighted by atomic mass is 16.2. The number of hydrogen-bond acceptors (Lipinski definition) is 4. The van der Waals surface area contributed by atoms with Gasteiger partial charge >= 0.3 is 0 Å². The molecule has 6 nitrogen and oxygen atoms in total. The lowest BCUT2D eigenvalue weighted by molar-refractivity contribution is 0.0955. The second-order valence-corrected chi connectivity index (χ2v) is 6.52. The maximum atomic E-state index is 12.2. The Morgan fingerprint density at radius 2 is 1.83 bits per heavy atom. The van der Waals surface area contributed by atoms with E-state index in [0.29, 0.717) is 5.56 Å². The van der Waals surface area contributed by atoms with Crippen LogP contribution in [-0.4, -0.2) is 26.9 Å². The number of amides is 1. The van der Waals surface area contributed by atoms with E-state index in [0.717, 1.165) is 22.5 Å². The summed E-state index contributed by atoms with van der Waals surface area (Å²) in [6, 6.07) is 21.4. The molecule has 4 aromatic rings. The van der Waals surface area contributed by atoms with E-state index in [4.69, 9.17) is 5.10 Å². The number of carbonyl (C=O) groups excluding carboxylic acids is 1. The molecule has 0 unspecified atom stereocenters. The molecule has 0 bridgehead atoms. The van der Waals surface area contributed by atoms with Crippen molar-refractivity contribution in [2.24, 2.45) is 5.10 Å². The van der Waals surface area contributed by atoms with Crippen LogP contribution in [0.2, 0.25) is 0 Å². The molecule has 2 aromatic heterocycles. The Morgan fingerprint density at radius 1 is 1.03 bits per heavy atom. The molecule has 1 N–H and O–H groups in total. The number of para-hydroxylation sites is 1. The number of hydrazone groups is 1. The van der Waals surface area contributed by atoms with Gasteiger partial charge in [-0.3, -0.25) is 9.78 Å². The fourth-order valence-electron chi connectivity index (χ4n) is 2.85. The summed E-state index contributed by atoms with van der Waals surface area (Å²) in [5.41, 5.74) is 7.66. The van der Waals surface area contributed by atoms with Crippen molar-refractivity contribution in [1.82, 2.24) is 20.2 Å². The minimum absolute atomic E-state index is 0.318. The van der Waals surface area contributed by atoms with Crippen molar-refractivity contribution in [3.8, 4) is 16.9 Å². The monoisotopic (exact) mass is 381 g/mol. The van der Waals surface area contributed by atoms with E-state index in [-0.39, 0.29) is 5.91 Å². The smallest absolute Gasteiger partial charge is 0.267 e. The average Bonchev–Trinajstić information content (AvgIpc) is 3.19. The van der Waals surface area contributed by atoms with Gasteiger partial charge in [0.25, 0.3) is 5.91 Å². The fraction of sp³-hybridized carbons (Fsp3) is 0.0435. The van der Waals surface area contributed by atoms with Gasteiger partial charge in [0.15, 0.2) is 0 Å². The van der Waals surface area contributed by atoms with E-state index < -0.39 is 0 Å². The first-order valence-corrected chi connectivity index (χ1v) is 9.16. The maximum Gasteiger partial charge on any atom is 0.272 e. The van der Waals surface area contributed by atoms with Gasteiger partial charge < -0.3 is 0 Å². The van der Waals surface area contributed by atoms with Crippen molar-refractivity contribution in [3.63, 3.8) is 0 Å². The molecular formula is C23H19N5O.